The van der Waals surface area contributed by atoms with Gasteiger partial charge in [-0.1, -0.05) is 51.3 Å². The highest BCUT2D eigenvalue weighted by atomic mass is 79.9. The summed E-state index contributed by atoms with van der Waals surface area (Å²) in [6.45, 7) is 2.00. The van der Waals surface area contributed by atoms with Gasteiger partial charge >= 0.3 is 0 Å². The highest BCUT2D eigenvalue weighted by Gasteiger charge is 2.29. The molecule has 0 radical (unpaired) electrons. The Kier molecular flexibility index (Phi) is 6.72. The molecule has 1 saturated heterocycles. The summed E-state index contributed by atoms with van der Waals surface area (Å²) < 4.78 is 27.4. The molecule has 0 spiro atoms. The van der Waals surface area contributed by atoms with Gasteiger partial charge in [-0.25, -0.2) is 13.4 Å². The second-order valence-electron chi connectivity index (χ2n) is 6.84. The molecule has 0 unspecified atom stereocenters. The average Bonchev–Trinajstić information content (AvgIpc) is 3.23. The average molecular weight is 547 g/mol. The number of hydrogen-bond donors (Lipinski definition) is 0. The van der Waals surface area contributed by atoms with E-state index in [0.29, 0.717) is 46.4 Å². The van der Waals surface area contributed by atoms with Crippen LogP contribution < -0.4 is 4.90 Å². The Hall–Kier alpha value is -1.16. The van der Waals surface area contributed by atoms with Crippen molar-refractivity contribution in [1.29, 1.82) is 0 Å². The van der Waals surface area contributed by atoms with Crippen LogP contribution in [0.3, 0.4) is 0 Å². The first-order valence-electron chi connectivity index (χ1n) is 9.19. The van der Waals surface area contributed by atoms with Crippen molar-refractivity contribution in [3.8, 4) is 11.3 Å². The quantitative estimate of drug-likeness (QED) is 0.395. The molecule has 10 heteroatoms. The van der Waals surface area contributed by atoms with Crippen LogP contribution in [0.5, 0.6) is 0 Å². The molecule has 0 N–H and O–H groups in total. The SMILES string of the molecule is O=S(=O)(c1ccc(CBr)cc1)N1CCN(c2nc(-c3cc(Cl)cc(Cl)c3)cs2)CC1. The largest absolute Gasteiger partial charge is 0.345 e. The van der Waals surface area contributed by atoms with Crippen molar-refractivity contribution in [2.24, 2.45) is 0 Å². The Morgan fingerprint density at radius 1 is 1.00 bits per heavy atom. The van der Waals surface area contributed by atoms with Gasteiger partial charge < -0.3 is 4.90 Å². The fraction of sp³-hybridized carbons (Fsp3) is 0.250. The maximum absolute atomic E-state index is 12.9. The van der Waals surface area contributed by atoms with Gasteiger partial charge in [0.2, 0.25) is 10.0 Å². The van der Waals surface area contributed by atoms with Crippen LogP contribution in [0.2, 0.25) is 10.0 Å². The summed E-state index contributed by atoms with van der Waals surface area (Å²) in [6.07, 6.45) is 0. The van der Waals surface area contributed by atoms with E-state index in [0.717, 1.165) is 22.0 Å². The van der Waals surface area contributed by atoms with E-state index in [1.807, 2.05) is 29.6 Å². The number of hydrogen-bond acceptors (Lipinski definition) is 5. The van der Waals surface area contributed by atoms with Crippen LogP contribution in [0.4, 0.5) is 5.13 Å². The van der Waals surface area contributed by atoms with Crippen molar-refractivity contribution in [3.63, 3.8) is 0 Å². The summed E-state index contributed by atoms with van der Waals surface area (Å²) >= 11 is 17.1. The van der Waals surface area contributed by atoms with E-state index in [2.05, 4.69) is 20.8 Å². The maximum Gasteiger partial charge on any atom is 0.243 e. The van der Waals surface area contributed by atoms with Crippen molar-refractivity contribution in [1.82, 2.24) is 9.29 Å². The molecule has 0 atom stereocenters. The van der Waals surface area contributed by atoms with Crippen LogP contribution in [0.1, 0.15) is 5.56 Å². The molecule has 158 valence electrons. The minimum Gasteiger partial charge on any atom is -0.345 e. The van der Waals surface area contributed by atoms with Crippen molar-refractivity contribution in [2.75, 3.05) is 31.1 Å². The molecular weight excluding hydrogens is 529 g/mol. The van der Waals surface area contributed by atoms with E-state index in [4.69, 9.17) is 28.2 Å². The van der Waals surface area contributed by atoms with Gasteiger partial charge in [0.25, 0.3) is 0 Å². The third-order valence-electron chi connectivity index (χ3n) is 4.87. The molecule has 0 amide bonds. The topological polar surface area (TPSA) is 53.5 Å². The van der Waals surface area contributed by atoms with Gasteiger partial charge in [0, 0.05) is 52.5 Å². The molecule has 0 aliphatic carbocycles. The molecule has 1 aromatic heterocycles. The van der Waals surface area contributed by atoms with Gasteiger partial charge in [-0.05, 0) is 35.9 Å². The molecule has 1 aliphatic rings. The Morgan fingerprint density at radius 2 is 1.63 bits per heavy atom. The summed E-state index contributed by atoms with van der Waals surface area (Å²) in [5.74, 6) is 0. The van der Waals surface area contributed by atoms with E-state index in [1.54, 1.807) is 18.2 Å². The summed E-state index contributed by atoms with van der Waals surface area (Å²) in [7, 11) is -3.49. The van der Waals surface area contributed by atoms with E-state index in [9.17, 15) is 8.42 Å². The Bertz CT molecular complexity index is 1120. The fourth-order valence-corrected chi connectivity index (χ4v) is 6.47. The molecule has 30 heavy (non-hydrogen) atoms. The Morgan fingerprint density at radius 3 is 2.23 bits per heavy atom. The second kappa shape index (κ2) is 9.14. The van der Waals surface area contributed by atoms with Crippen LogP contribution >= 0.6 is 50.5 Å². The van der Waals surface area contributed by atoms with Gasteiger partial charge in [-0.15, -0.1) is 11.3 Å². The first kappa shape index (κ1) is 22.0. The van der Waals surface area contributed by atoms with E-state index >= 15 is 0 Å². The van der Waals surface area contributed by atoms with E-state index < -0.39 is 10.0 Å². The number of piperazine rings is 1. The standard InChI is InChI=1S/C20H18BrCl2N3O2S2/c21-12-14-1-3-18(4-2-14)30(27,28)26-7-5-25(6-8-26)20-24-19(13-29-20)15-9-16(22)11-17(23)10-15/h1-4,9-11,13H,5-8,12H2. The Labute approximate surface area is 198 Å². The lowest BCUT2D eigenvalue weighted by atomic mass is 10.2. The minimum atomic E-state index is -3.49. The number of nitrogens with zero attached hydrogens (tertiary/aromatic N) is 3. The molecule has 5 nitrogen and oxygen atoms in total. The molecule has 0 saturated carbocycles. The lowest BCUT2D eigenvalue weighted by molar-refractivity contribution is 0.385. The molecule has 4 rings (SSSR count). The number of aromatic nitrogens is 1. The van der Waals surface area contributed by atoms with Crippen LogP contribution in [0, 0.1) is 0 Å². The van der Waals surface area contributed by atoms with Crippen LogP contribution in [-0.2, 0) is 15.4 Å². The number of anilines is 1. The maximum atomic E-state index is 12.9. The number of halogens is 3. The number of sulfonamides is 1. The minimum absolute atomic E-state index is 0.329. The van der Waals surface area contributed by atoms with Crippen molar-refractivity contribution in [3.05, 3.63) is 63.5 Å². The first-order chi connectivity index (χ1) is 14.4. The van der Waals surface area contributed by atoms with Crippen LogP contribution in [0.15, 0.2) is 52.7 Å². The number of thiazole rings is 1. The summed E-state index contributed by atoms with van der Waals surface area (Å²) in [4.78, 5) is 7.15. The van der Waals surface area contributed by atoms with Gasteiger partial charge in [0.05, 0.1) is 10.6 Å². The molecule has 2 heterocycles. The molecule has 0 bridgehead atoms. The Balaban J connectivity index is 1.45. The van der Waals surface area contributed by atoms with Gasteiger partial charge in [-0.3, -0.25) is 0 Å². The number of rotatable bonds is 5. The zero-order valence-electron chi connectivity index (χ0n) is 15.8. The predicted molar refractivity (Wildman–Crippen MR) is 128 cm³/mol. The summed E-state index contributed by atoms with van der Waals surface area (Å²) in [5, 5.41) is 4.65. The lowest BCUT2D eigenvalue weighted by Gasteiger charge is -2.33. The van der Waals surface area contributed by atoms with Gasteiger partial charge in [0.15, 0.2) is 5.13 Å². The zero-order valence-corrected chi connectivity index (χ0v) is 20.5. The smallest absolute Gasteiger partial charge is 0.243 e. The molecule has 1 fully saturated rings. The van der Waals surface area contributed by atoms with Crippen molar-refractivity contribution < 1.29 is 8.42 Å². The van der Waals surface area contributed by atoms with Gasteiger partial charge in [0.1, 0.15) is 0 Å². The fourth-order valence-electron chi connectivity index (χ4n) is 3.26. The predicted octanol–water partition coefficient (Wildman–Crippen LogP) is 5.52. The third kappa shape index (κ3) is 4.69. The normalized spacial score (nSPS) is 15.5. The highest BCUT2D eigenvalue weighted by Crippen LogP contribution is 2.32. The number of alkyl halides is 1. The molecule has 2 aromatic carbocycles. The van der Waals surface area contributed by atoms with Crippen LogP contribution in [0.25, 0.3) is 11.3 Å². The monoisotopic (exact) mass is 545 g/mol. The summed E-state index contributed by atoms with van der Waals surface area (Å²) in [6, 6.07) is 12.3. The summed E-state index contributed by atoms with van der Waals surface area (Å²) in [5.41, 5.74) is 2.71. The van der Waals surface area contributed by atoms with Crippen molar-refractivity contribution in [2.45, 2.75) is 10.2 Å². The molecular formula is C20H18BrCl2N3O2S2. The second-order valence-corrected chi connectivity index (χ2v) is 11.1. The van der Waals surface area contributed by atoms with Crippen LogP contribution in [-0.4, -0.2) is 43.9 Å². The zero-order chi connectivity index (χ0) is 21.3. The molecule has 3 aromatic rings. The number of benzene rings is 2. The first-order valence-corrected chi connectivity index (χ1v) is 13.4. The third-order valence-corrected chi connectivity index (χ3v) is 8.77. The lowest BCUT2D eigenvalue weighted by Crippen LogP contribution is -2.48. The van der Waals surface area contributed by atoms with Gasteiger partial charge in [-0.2, -0.15) is 4.31 Å². The molecule has 1 aliphatic heterocycles. The van der Waals surface area contributed by atoms with Crippen molar-refractivity contribution >= 4 is 65.6 Å². The van der Waals surface area contributed by atoms with E-state index in [-0.39, 0.29) is 0 Å². The highest BCUT2D eigenvalue weighted by molar-refractivity contribution is 9.08. The van der Waals surface area contributed by atoms with E-state index in [1.165, 1.54) is 15.6 Å².